The highest BCUT2D eigenvalue weighted by Gasteiger charge is 2.04. The van der Waals surface area contributed by atoms with E-state index in [2.05, 4.69) is 10.4 Å². The van der Waals surface area contributed by atoms with Crippen LogP contribution >= 0.6 is 0 Å². The molecule has 1 heterocycles. The number of rotatable bonds is 7. The second kappa shape index (κ2) is 7.97. The van der Waals surface area contributed by atoms with Gasteiger partial charge in [-0.05, 0) is 30.7 Å². The fraction of sp³-hybridized carbons (Fsp3) is 0.312. The van der Waals surface area contributed by atoms with Gasteiger partial charge in [-0.1, -0.05) is 12.1 Å². The number of nitrogens with zero attached hydrogens (tertiary/aromatic N) is 2. The van der Waals surface area contributed by atoms with Gasteiger partial charge in [-0.15, -0.1) is 0 Å². The Morgan fingerprint density at radius 3 is 2.73 bits per heavy atom. The Morgan fingerprint density at radius 2 is 2.05 bits per heavy atom. The lowest BCUT2D eigenvalue weighted by atomic mass is 10.1. The molecule has 6 heteroatoms. The SMILES string of the molecule is CCOc1ccc(CC(=O)NCCn2ncccc2=O)cc1. The van der Waals surface area contributed by atoms with Crippen molar-refractivity contribution in [3.8, 4) is 5.75 Å². The molecular formula is C16H19N3O3. The molecule has 1 aromatic heterocycles. The van der Waals surface area contributed by atoms with Gasteiger partial charge >= 0.3 is 0 Å². The summed E-state index contributed by atoms with van der Waals surface area (Å²) < 4.78 is 6.67. The molecule has 1 aromatic carbocycles. The molecule has 1 amide bonds. The lowest BCUT2D eigenvalue weighted by Gasteiger charge is -2.07. The zero-order valence-corrected chi connectivity index (χ0v) is 12.5. The van der Waals surface area contributed by atoms with Crippen LogP contribution in [0.3, 0.4) is 0 Å². The quantitative estimate of drug-likeness (QED) is 0.828. The van der Waals surface area contributed by atoms with E-state index in [4.69, 9.17) is 4.74 Å². The summed E-state index contributed by atoms with van der Waals surface area (Å²) in [5.41, 5.74) is 0.735. The van der Waals surface area contributed by atoms with Gasteiger partial charge in [-0.3, -0.25) is 9.59 Å². The Labute approximate surface area is 128 Å². The third kappa shape index (κ3) is 4.73. The molecule has 0 bridgehead atoms. The van der Waals surface area contributed by atoms with Gasteiger partial charge in [-0.25, -0.2) is 4.68 Å². The van der Waals surface area contributed by atoms with Gasteiger partial charge in [0.2, 0.25) is 5.91 Å². The average Bonchev–Trinajstić information content (AvgIpc) is 2.51. The summed E-state index contributed by atoms with van der Waals surface area (Å²) in [7, 11) is 0. The van der Waals surface area contributed by atoms with Gasteiger partial charge in [0.1, 0.15) is 5.75 Å². The van der Waals surface area contributed by atoms with Crippen LogP contribution < -0.4 is 15.6 Å². The summed E-state index contributed by atoms with van der Waals surface area (Å²) >= 11 is 0. The molecule has 2 aromatic rings. The van der Waals surface area contributed by atoms with Crippen molar-refractivity contribution in [1.29, 1.82) is 0 Å². The van der Waals surface area contributed by atoms with Crippen molar-refractivity contribution >= 4 is 5.91 Å². The molecule has 0 spiro atoms. The maximum Gasteiger partial charge on any atom is 0.266 e. The first-order valence-electron chi connectivity index (χ1n) is 7.19. The van der Waals surface area contributed by atoms with Crippen molar-refractivity contribution in [2.45, 2.75) is 19.9 Å². The molecule has 0 aliphatic rings. The van der Waals surface area contributed by atoms with E-state index in [9.17, 15) is 9.59 Å². The highest BCUT2D eigenvalue weighted by Crippen LogP contribution is 2.12. The van der Waals surface area contributed by atoms with Gasteiger partial charge in [0.25, 0.3) is 5.56 Å². The van der Waals surface area contributed by atoms with Crippen LogP contribution in [-0.2, 0) is 17.8 Å². The number of amides is 1. The monoisotopic (exact) mass is 301 g/mol. The van der Waals surface area contributed by atoms with Crippen LogP contribution in [0.1, 0.15) is 12.5 Å². The Hall–Kier alpha value is -2.63. The molecule has 0 aliphatic heterocycles. The predicted octanol–water partition coefficient (Wildman–Crippen LogP) is 1.00. The molecule has 0 radical (unpaired) electrons. The number of benzene rings is 1. The Kier molecular flexibility index (Phi) is 5.71. The second-order valence-corrected chi connectivity index (χ2v) is 4.69. The highest BCUT2D eigenvalue weighted by molar-refractivity contribution is 5.78. The first-order chi connectivity index (χ1) is 10.7. The largest absolute Gasteiger partial charge is 0.494 e. The Morgan fingerprint density at radius 1 is 1.27 bits per heavy atom. The van der Waals surface area contributed by atoms with E-state index in [1.165, 1.54) is 10.7 Å². The number of hydrogen-bond acceptors (Lipinski definition) is 4. The van der Waals surface area contributed by atoms with E-state index in [0.29, 0.717) is 26.1 Å². The van der Waals surface area contributed by atoms with Crippen molar-refractivity contribution in [2.24, 2.45) is 0 Å². The second-order valence-electron chi connectivity index (χ2n) is 4.69. The van der Waals surface area contributed by atoms with Crippen LogP contribution in [0.5, 0.6) is 5.75 Å². The Bertz CT molecular complexity index is 665. The third-order valence-electron chi connectivity index (χ3n) is 3.03. The van der Waals surface area contributed by atoms with Crippen LogP contribution in [0, 0.1) is 0 Å². The predicted molar refractivity (Wildman–Crippen MR) is 82.8 cm³/mol. The van der Waals surface area contributed by atoms with E-state index in [1.807, 2.05) is 31.2 Å². The van der Waals surface area contributed by atoms with E-state index in [1.54, 1.807) is 12.3 Å². The molecule has 0 aliphatic carbocycles. The number of carbonyl (C=O) groups is 1. The van der Waals surface area contributed by atoms with Gasteiger partial charge in [-0.2, -0.15) is 5.10 Å². The van der Waals surface area contributed by atoms with Crippen LogP contribution in [0.4, 0.5) is 0 Å². The average molecular weight is 301 g/mol. The van der Waals surface area contributed by atoms with Crippen LogP contribution in [0.25, 0.3) is 0 Å². The summed E-state index contributed by atoms with van der Waals surface area (Å²) in [6.07, 6.45) is 1.84. The van der Waals surface area contributed by atoms with Crippen molar-refractivity contribution in [3.63, 3.8) is 0 Å². The summed E-state index contributed by atoms with van der Waals surface area (Å²) in [4.78, 5) is 23.3. The standard InChI is InChI=1S/C16H19N3O3/c1-2-22-14-7-5-13(6-8-14)12-15(20)17-10-11-19-16(21)4-3-9-18-19/h3-9H,2,10-12H2,1H3,(H,17,20). The Balaban J connectivity index is 1.78. The van der Waals surface area contributed by atoms with Crippen LogP contribution in [0.15, 0.2) is 47.4 Å². The van der Waals surface area contributed by atoms with Crippen molar-refractivity contribution < 1.29 is 9.53 Å². The van der Waals surface area contributed by atoms with Gasteiger partial charge in [0.15, 0.2) is 0 Å². The summed E-state index contributed by atoms with van der Waals surface area (Å²) in [6, 6.07) is 10.5. The number of nitrogens with one attached hydrogen (secondary N) is 1. The van der Waals surface area contributed by atoms with Gasteiger partial charge in [0.05, 0.1) is 19.6 Å². The molecule has 0 fully saturated rings. The first kappa shape index (κ1) is 15.8. The molecule has 6 nitrogen and oxygen atoms in total. The smallest absolute Gasteiger partial charge is 0.266 e. The fourth-order valence-electron chi connectivity index (χ4n) is 1.97. The van der Waals surface area contributed by atoms with E-state index in [-0.39, 0.29) is 11.5 Å². The fourth-order valence-corrected chi connectivity index (χ4v) is 1.97. The minimum absolute atomic E-state index is 0.0897. The van der Waals surface area contributed by atoms with E-state index < -0.39 is 0 Å². The van der Waals surface area contributed by atoms with Gasteiger partial charge < -0.3 is 10.1 Å². The van der Waals surface area contributed by atoms with E-state index >= 15 is 0 Å². The number of carbonyl (C=O) groups excluding carboxylic acids is 1. The number of aromatic nitrogens is 2. The van der Waals surface area contributed by atoms with Crippen molar-refractivity contribution in [3.05, 3.63) is 58.5 Å². The molecule has 2 rings (SSSR count). The first-order valence-corrected chi connectivity index (χ1v) is 7.19. The molecule has 0 atom stereocenters. The zero-order chi connectivity index (χ0) is 15.8. The van der Waals surface area contributed by atoms with E-state index in [0.717, 1.165) is 11.3 Å². The summed E-state index contributed by atoms with van der Waals surface area (Å²) in [6.45, 7) is 3.27. The topological polar surface area (TPSA) is 73.2 Å². The summed E-state index contributed by atoms with van der Waals surface area (Å²) in [5.74, 6) is 0.703. The molecule has 0 unspecified atom stereocenters. The van der Waals surface area contributed by atoms with Gasteiger partial charge in [0, 0.05) is 18.8 Å². The van der Waals surface area contributed by atoms with Crippen LogP contribution in [-0.4, -0.2) is 28.8 Å². The number of hydrogen-bond donors (Lipinski definition) is 1. The molecule has 0 saturated carbocycles. The minimum Gasteiger partial charge on any atom is -0.494 e. The highest BCUT2D eigenvalue weighted by atomic mass is 16.5. The summed E-state index contributed by atoms with van der Waals surface area (Å²) in [5, 5.41) is 6.70. The molecule has 0 saturated heterocycles. The molecular weight excluding hydrogens is 282 g/mol. The normalized spacial score (nSPS) is 10.2. The molecule has 22 heavy (non-hydrogen) atoms. The van der Waals surface area contributed by atoms with Crippen molar-refractivity contribution in [2.75, 3.05) is 13.2 Å². The molecule has 1 N–H and O–H groups in total. The van der Waals surface area contributed by atoms with Crippen LogP contribution in [0.2, 0.25) is 0 Å². The minimum atomic E-state index is -0.178. The lowest BCUT2D eigenvalue weighted by molar-refractivity contribution is -0.120. The molecule has 116 valence electrons. The maximum absolute atomic E-state index is 11.8. The van der Waals surface area contributed by atoms with Crippen molar-refractivity contribution in [1.82, 2.24) is 15.1 Å². The third-order valence-corrected chi connectivity index (χ3v) is 3.03. The maximum atomic E-state index is 11.8. The lowest BCUT2D eigenvalue weighted by Crippen LogP contribution is -2.32. The number of ether oxygens (including phenoxy) is 1. The zero-order valence-electron chi connectivity index (χ0n) is 12.5.